The molecule has 0 N–H and O–H groups in total. The van der Waals surface area contributed by atoms with Crippen LogP contribution in [0, 0.1) is 0 Å². The Morgan fingerprint density at radius 2 is 1.76 bits per heavy atom. The number of aryl methyl sites for hydroxylation is 1. The molecule has 0 atom stereocenters. The normalized spacial score (nSPS) is 11.0. The lowest BCUT2D eigenvalue weighted by Crippen LogP contribution is -2.11. The lowest BCUT2D eigenvalue weighted by molar-refractivity contribution is 0.234. The fourth-order valence-electron chi connectivity index (χ4n) is 1.09. The molecule has 0 bridgehead atoms. The largest absolute Gasteiger partial charge is 0.341 e. The number of rotatable bonds is 3. The molecule has 1 aromatic rings. The van der Waals surface area contributed by atoms with Crippen LogP contribution >= 0.6 is 11.6 Å². The van der Waals surface area contributed by atoms with Crippen molar-refractivity contribution in [3.8, 4) is 0 Å². The molecule has 1 aromatic carbocycles. The van der Waals surface area contributed by atoms with E-state index in [1.54, 1.807) is 13.0 Å². The Balaban J connectivity index is 0.00000121. The molecule has 17 heavy (non-hydrogen) atoms. The summed E-state index contributed by atoms with van der Waals surface area (Å²) in [6.45, 7) is 5.78. The monoisotopic (exact) mass is 284 g/mol. The molecular formula is C11H15ClF2O2S. The Morgan fingerprint density at radius 3 is 2.18 bits per heavy atom. The molecule has 1 rings (SSSR count). The van der Waals surface area contributed by atoms with Crippen molar-refractivity contribution >= 4 is 21.4 Å². The van der Waals surface area contributed by atoms with E-state index in [1.165, 1.54) is 6.07 Å². The maximum absolute atomic E-state index is 12.2. The standard InChI is InChI=1S/C9H9ClF2O2S.C2H6/c1-2-6-3-7(10)5-8(4-6)15(13,14)9(11)12;1-2/h3-5,9H,2H2,1H3;1-2H3. The van der Waals surface area contributed by atoms with Gasteiger partial charge in [-0.15, -0.1) is 0 Å². The highest BCUT2D eigenvalue weighted by Gasteiger charge is 2.26. The van der Waals surface area contributed by atoms with Crippen molar-refractivity contribution in [3.63, 3.8) is 0 Å². The highest BCUT2D eigenvalue weighted by molar-refractivity contribution is 7.91. The minimum Gasteiger partial charge on any atom is -0.218 e. The van der Waals surface area contributed by atoms with Gasteiger partial charge in [0.1, 0.15) is 0 Å². The lowest BCUT2D eigenvalue weighted by Gasteiger charge is -2.05. The van der Waals surface area contributed by atoms with Gasteiger partial charge in [-0.3, -0.25) is 0 Å². The van der Waals surface area contributed by atoms with Crippen LogP contribution in [-0.4, -0.2) is 14.2 Å². The van der Waals surface area contributed by atoms with E-state index in [1.807, 2.05) is 13.8 Å². The highest BCUT2D eigenvalue weighted by atomic mass is 35.5. The summed E-state index contributed by atoms with van der Waals surface area (Å²) < 4.78 is 46.8. The molecule has 2 nitrogen and oxygen atoms in total. The SMILES string of the molecule is CC.CCc1cc(Cl)cc(S(=O)(=O)C(F)F)c1. The van der Waals surface area contributed by atoms with Gasteiger partial charge in [-0.25, -0.2) is 8.42 Å². The van der Waals surface area contributed by atoms with Crippen LogP contribution in [0.1, 0.15) is 26.3 Å². The van der Waals surface area contributed by atoms with E-state index in [0.29, 0.717) is 12.0 Å². The summed E-state index contributed by atoms with van der Waals surface area (Å²) in [6, 6.07) is 3.79. The minimum absolute atomic E-state index is 0.147. The second-order valence-electron chi connectivity index (χ2n) is 2.95. The Hall–Kier alpha value is -0.680. The zero-order valence-corrected chi connectivity index (χ0v) is 11.4. The van der Waals surface area contributed by atoms with Crippen molar-refractivity contribution < 1.29 is 17.2 Å². The van der Waals surface area contributed by atoms with E-state index in [4.69, 9.17) is 11.6 Å². The van der Waals surface area contributed by atoms with Gasteiger partial charge in [-0.2, -0.15) is 8.78 Å². The van der Waals surface area contributed by atoms with Crippen LogP contribution < -0.4 is 0 Å². The van der Waals surface area contributed by atoms with E-state index < -0.39 is 20.5 Å². The fourth-order valence-corrected chi connectivity index (χ4v) is 2.23. The summed E-state index contributed by atoms with van der Waals surface area (Å²) in [6.07, 6.45) is 0.534. The smallest absolute Gasteiger partial charge is 0.218 e. The number of sulfone groups is 1. The van der Waals surface area contributed by atoms with Crippen LogP contribution in [-0.2, 0) is 16.3 Å². The summed E-state index contributed by atoms with van der Waals surface area (Å²) in [7, 11) is -4.55. The molecule has 0 aromatic heterocycles. The highest BCUT2D eigenvalue weighted by Crippen LogP contribution is 2.23. The third-order valence-corrected chi connectivity index (χ3v) is 3.48. The second kappa shape index (κ2) is 6.91. The average Bonchev–Trinajstić information content (AvgIpc) is 2.30. The van der Waals surface area contributed by atoms with Crippen LogP contribution in [0.3, 0.4) is 0 Å². The first-order valence-corrected chi connectivity index (χ1v) is 7.12. The van der Waals surface area contributed by atoms with Gasteiger partial charge in [-0.05, 0) is 30.2 Å². The van der Waals surface area contributed by atoms with Crippen LogP contribution in [0.4, 0.5) is 8.78 Å². The Kier molecular flexibility index (Phi) is 6.64. The number of hydrogen-bond donors (Lipinski definition) is 0. The molecule has 0 heterocycles. The van der Waals surface area contributed by atoms with Crippen molar-refractivity contribution in [2.24, 2.45) is 0 Å². The van der Waals surface area contributed by atoms with E-state index in [0.717, 1.165) is 6.07 Å². The second-order valence-corrected chi connectivity index (χ2v) is 5.31. The van der Waals surface area contributed by atoms with Crippen molar-refractivity contribution in [3.05, 3.63) is 28.8 Å². The fraction of sp³-hybridized carbons (Fsp3) is 0.455. The Morgan fingerprint density at radius 1 is 1.24 bits per heavy atom. The van der Waals surface area contributed by atoms with E-state index in [-0.39, 0.29) is 5.02 Å². The van der Waals surface area contributed by atoms with Crippen molar-refractivity contribution in [1.82, 2.24) is 0 Å². The van der Waals surface area contributed by atoms with Gasteiger partial charge in [0.05, 0.1) is 4.90 Å². The third-order valence-electron chi connectivity index (χ3n) is 1.90. The first kappa shape index (κ1) is 16.3. The summed E-state index contributed by atoms with van der Waals surface area (Å²) in [5, 5.41) is 0.147. The molecular weight excluding hydrogens is 270 g/mol. The molecule has 0 unspecified atom stereocenters. The predicted molar refractivity (Wildman–Crippen MR) is 65.4 cm³/mol. The van der Waals surface area contributed by atoms with Gasteiger partial charge in [0, 0.05) is 5.02 Å². The zero-order chi connectivity index (χ0) is 13.6. The molecule has 0 aliphatic carbocycles. The van der Waals surface area contributed by atoms with Gasteiger partial charge >= 0.3 is 5.76 Å². The molecule has 0 amide bonds. The molecule has 0 aliphatic heterocycles. The van der Waals surface area contributed by atoms with Gasteiger partial charge in [0.25, 0.3) is 0 Å². The van der Waals surface area contributed by atoms with Crippen LogP contribution in [0.25, 0.3) is 0 Å². The molecule has 6 heteroatoms. The summed E-state index contributed by atoms with van der Waals surface area (Å²) in [4.78, 5) is -0.429. The van der Waals surface area contributed by atoms with Crippen LogP contribution in [0.15, 0.2) is 23.1 Å². The van der Waals surface area contributed by atoms with E-state index in [2.05, 4.69) is 0 Å². The average molecular weight is 285 g/mol. The number of halogens is 3. The minimum atomic E-state index is -4.55. The molecule has 0 saturated carbocycles. The van der Waals surface area contributed by atoms with Crippen molar-refractivity contribution in [1.29, 1.82) is 0 Å². The Labute approximate surface area is 106 Å². The van der Waals surface area contributed by atoms with Gasteiger partial charge in [0.2, 0.25) is 9.84 Å². The topological polar surface area (TPSA) is 34.1 Å². The number of alkyl halides is 2. The van der Waals surface area contributed by atoms with E-state index in [9.17, 15) is 17.2 Å². The summed E-state index contributed by atoms with van der Waals surface area (Å²) in [5.74, 6) is -3.42. The van der Waals surface area contributed by atoms with E-state index >= 15 is 0 Å². The molecule has 0 radical (unpaired) electrons. The lowest BCUT2D eigenvalue weighted by atomic mass is 10.2. The number of benzene rings is 1. The van der Waals surface area contributed by atoms with Crippen LogP contribution in [0.2, 0.25) is 5.02 Å². The van der Waals surface area contributed by atoms with Crippen molar-refractivity contribution in [2.75, 3.05) is 0 Å². The van der Waals surface area contributed by atoms with Crippen molar-refractivity contribution in [2.45, 2.75) is 37.8 Å². The predicted octanol–water partition coefficient (Wildman–Crippen LogP) is 3.92. The molecule has 0 spiro atoms. The van der Waals surface area contributed by atoms with Crippen LogP contribution in [0.5, 0.6) is 0 Å². The maximum atomic E-state index is 12.2. The Bertz CT molecular complexity index is 459. The summed E-state index contributed by atoms with van der Waals surface area (Å²) in [5.41, 5.74) is 0.613. The third kappa shape index (κ3) is 4.24. The van der Waals surface area contributed by atoms with Gasteiger partial charge in [-0.1, -0.05) is 32.4 Å². The zero-order valence-electron chi connectivity index (χ0n) is 9.88. The number of hydrogen-bond acceptors (Lipinski definition) is 2. The first-order valence-electron chi connectivity index (χ1n) is 5.19. The molecule has 0 aliphatic rings. The molecule has 0 fully saturated rings. The quantitative estimate of drug-likeness (QED) is 0.843. The molecule has 0 saturated heterocycles. The maximum Gasteiger partial charge on any atom is 0.341 e. The summed E-state index contributed by atoms with van der Waals surface area (Å²) >= 11 is 5.63. The first-order chi connectivity index (χ1) is 7.87. The van der Waals surface area contributed by atoms with Gasteiger partial charge in [0.15, 0.2) is 0 Å². The molecule has 98 valence electrons. The van der Waals surface area contributed by atoms with Gasteiger partial charge < -0.3 is 0 Å².